The van der Waals surface area contributed by atoms with Gasteiger partial charge in [0.2, 0.25) is 11.0 Å². The summed E-state index contributed by atoms with van der Waals surface area (Å²) in [6.45, 7) is 4.78. The van der Waals surface area contributed by atoms with Crippen molar-refractivity contribution in [1.82, 2.24) is 10.2 Å². The maximum atomic E-state index is 12.9. The summed E-state index contributed by atoms with van der Waals surface area (Å²) in [6, 6.07) is 0. The average molecular weight is 291 g/mol. The highest BCUT2D eigenvalue weighted by atomic mass is 32.1. The molecule has 0 aromatic carbocycles. The molecule has 4 aliphatic rings. The molecular weight excluding hydrogens is 270 g/mol. The molecule has 0 aliphatic heterocycles. The highest BCUT2D eigenvalue weighted by Gasteiger charge is 2.62. The van der Waals surface area contributed by atoms with Crippen molar-refractivity contribution in [3.05, 3.63) is 5.51 Å². The van der Waals surface area contributed by atoms with Crippen LogP contribution in [0.25, 0.3) is 0 Å². The van der Waals surface area contributed by atoms with Gasteiger partial charge in [0, 0.05) is 0 Å². The maximum absolute atomic E-state index is 12.9. The molecule has 108 valence electrons. The van der Waals surface area contributed by atoms with E-state index in [-0.39, 0.29) is 11.3 Å². The van der Waals surface area contributed by atoms with Crippen molar-refractivity contribution in [2.45, 2.75) is 52.4 Å². The van der Waals surface area contributed by atoms with Crippen LogP contribution in [-0.2, 0) is 4.79 Å². The van der Waals surface area contributed by atoms with Crippen molar-refractivity contribution in [2.75, 3.05) is 5.32 Å². The van der Waals surface area contributed by atoms with Crippen LogP contribution < -0.4 is 5.32 Å². The Balaban J connectivity index is 1.65. The highest BCUT2D eigenvalue weighted by molar-refractivity contribution is 7.13. The van der Waals surface area contributed by atoms with E-state index in [1.165, 1.54) is 30.6 Å². The molecule has 0 radical (unpaired) electrons. The van der Waals surface area contributed by atoms with Gasteiger partial charge in [-0.1, -0.05) is 25.2 Å². The molecular formula is C15H21N3OS. The highest BCUT2D eigenvalue weighted by Crippen LogP contribution is 2.69. The zero-order valence-corrected chi connectivity index (χ0v) is 12.9. The van der Waals surface area contributed by atoms with Gasteiger partial charge in [0.05, 0.1) is 5.41 Å². The molecule has 0 unspecified atom stereocenters. The molecule has 5 heteroatoms. The number of nitrogens with zero attached hydrogens (tertiary/aromatic N) is 2. The zero-order valence-electron chi connectivity index (χ0n) is 12.1. The molecule has 1 heterocycles. The van der Waals surface area contributed by atoms with Crippen LogP contribution in [-0.4, -0.2) is 16.1 Å². The molecule has 0 spiro atoms. The van der Waals surface area contributed by atoms with Crippen molar-refractivity contribution in [1.29, 1.82) is 0 Å². The normalized spacial score (nSPS) is 45.6. The van der Waals surface area contributed by atoms with E-state index in [1.807, 2.05) is 0 Å². The number of amides is 1. The molecule has 4 saturated carbocycles. The SMILES string of the molecule is C[C@@]12CC3CC(C(=O)Nc4nncs4)(C1)C[C@@](C)(C3)C2. The Hall–Kier alpha value is -0.970. The van der Waals surface area contributed by atoms with Crippen molar-refractivity contribution >= 4 is 22.4 Å². The lowest BCUT2D eigenvalue weighted by Crippen LogP contribution is -2.58. The summed E-state index contributed by atoms with van der Waals surface area (Å²) < 4.78 is 0. The fourth-order valence-electron chi connectivity index (χ4n) is 6.16. The summed E-state index contributed by atoms with van der Waals surface area (Å²) >= 11 is 1.40. The first-order valence-electron chi connectivity index (χ1n) is 7.48. The number of nitrogens with one attached hydrogen (secondary N) is 1. The summed E-state index contributed by atoms with van der Waals surface area (Å²) in [5.41, 5.74) is 2.24. The summed E-state index contributed by atoms with van der Waals surface area (Å²) in [5, 5.41) is 11.4. The predicted molar refractivity (Wildman–Crippen MR) is 78.4 cm³/mol. The topological polar surface area (TPSA) is 54.9 Å². The van der Waals surface area contributed by atoms with Gasteiger partial charge in [-0.25, -0.2) is 0 Å². The average Bonchev–Trinajstić information content (AvgIpc) is 2.76. The minimum atomic E-state index is -0.158. The molecule has 2 atom stereocenters. The second kappa shape index (κ2) is 3.81. The molecule has 1 amide bonds. The largest absolute Gasteiger partial charge is 0.300 e. The van der Waals surface area contributed by atoms with E-state index in [1.54, 1.807) is 5.51 Å². The van der Waals surface area contributed by atoms with Crippen LogP contribution in [0.15, 0.2) is 5.51 Å². The fraction of sp³-hybridized carbons (Fsp3) is 0.800. The molecule has 1 aromatic rings. The van der Waals surface area contributed by atoms with Crippen LogP contribution in [0.3, 0.4) is 0 Å². The molecule has 20 heavy (non-hydrogen) atoms. The van der Waals surface area contributed by atoms with E-state index in [9.17, 15) is 4.79 Å². The molecule has 4 fully saturated rings. The first-order chi connectivity index (χ1) is 9.41. The maximum Gasteiger partial charge on any atom is 0.232 e. The van der Waals surface area contributed by atoms with Crippen molar-refractivity contribution in [2.24, 2.45) is 22.2 Å². The number of hydrogen-bond donors (Lipinski definition) is 1. The van der Waals surface area contributed by atoms with Gasteiger partial charge in [0.25, 0.3) is 0 Å². The first kappa shape index (κ1) is 12.7. The third-order valence-corrected chi connectivity index (χ3v) is 6.30. The van der Waals surface area contributed by atoms with Crippen LogP contribution >= 0.6 is 11.3 Å². The zero-order chi connectivity index (χ0) is 14.0. The lowest BCUT2D eigenvalue weighted by Gasteiger charge is -2.64. The Bertz CT molecular complexity index is 537. The van der Waals surface area contributed by atoms with Gasteiger partial charge in [0.15, 0.2) is 0 Å². The molecule has 4 nitrogen and oxygen atoms in total. The quantitative estimate of drug-likeness (QED) is 0.907. The molecule has 4 aliphatic carbocycles. The Morgan fingerprint density at radius 3 is 2.50 bits per heavy atom. The number of rotatable bonds is 2. The molecule has 5 rings (SSSR count). The van der Waals surface area contributed by atoms with Crippen LogP contribution in [0.5, 0.6) is 0 Å². The number of carbonyl (C=O) groups is 1. The van der Waals surface area contributed by atoms with Gasteiger partial charge in [-0.15, -0.1) is 10.2 Å². The van der Waals surface area contributed by atoms with Gasteiger partial charge in [-0.3, -0.25) is 4.79 Å². The molecule has 1 N–H and O–H groups in total. The molecule has 1 aromatic heterocycles. The van der Waals surface area contributed by atoms with Crippen LogP contribution in [0.2, 0.25) is 0 Å². The van der Waals surface area contributed by atoms with E-state index < -0.39 is 0 Å². The molecule has 0 saturated heterocycles. The van der Waals surface area contributed by atoms with E-state index in [4.69, 9.17) is 0 Å². The van der Waals surface area contributed by atoms with Crippen LogP contribution in [0.1, 0.15) is 52.4 Å². The minimum absolute atomic E-state index is 0.158. The Morgan fingerprint density at radius 2 is 1.95 bits per heavy atom. The smallest absolute Gasteiger partial charge is 0.232 e. The summed E-state index contributed by atoms with van der Waals surface area (Å²) in [7, 11) is 0. The van der Waals surface area contributed by atoms with E-state index in [0.717, 1.165) is 25.2 Å². The van der Waals surface area contributed by atoms with Gasteiger partial charge in [-0.2, -0.15) is 0 Å². The Morgan fingerprint density at radius 1 is 1.25 bits per heavy atom. The van der Waals surface area contributed by atoms with E-state index in [2.05, 4.69) is 29.4 Å². The third-order valence-electron chi connectivity index (χ3n) is 5.69. The monoisotopic (exact) mass is 291 g/mol. The Labute approximate surface area is 123 Å². The fourth-order valence-corrected chi connectivity index (χ4v) is 6.60. The number of carbonyl (C=O) groups excluding carboxylic acids is 1. The minimum Gasteiger partial charge on any atom is -0.300 e. The van der Waals surface area contributed by atoms with Gasteiger partial charge >= 0.3 is 0 Å². The van der Waals surface area contributed by atoms with Gasteiger partial charge in [0.1, 0.15) is 5.51 Å². The van der Waals surface area contributed by atoms with Gasteiger partial charge in [-0.05, 0) is 55.3 Å². The number of anilines is 1. The number of aromatic nitrogens is 2. The van der Waals surface area contributed by atoms with Crippen molar-refractivity contribution in [3.63, 3.8) is 0 Å². The second-order valence-electron chi connectivity index (χ2n) is 8.11. The predicted octanol–water partition coefficient (Wildman–Crippen LogP) is 3.47. The lowest BCUT2D eigenvalue weighted by atomic mass is 9.40. The first-order valence-corrected chi connectivity index (χ1v) is 8.36. The Kier molecular flexibility index (Phi) is 2.43. The summed E-state index contributed by atoms with van der Waals surface area (Å²) in [4.78, 5) is 12.9. The third kappa shape index (κ3) is 1.82. The molecule has 4 bridgehead atoms. The second-order valence-corrected chi connectivity index (χ2v) is 8.94. The van der Waals surface area contributed by atoms with Crippen LogP contribution in [0, 0.1) is 22.2 Å². The standard InChI is InChI=1S/C15H21N3OS/c1-13-3-10-4-14(2,6-13)8-15(5-10,7-13)11(19)17-12-18-16-9-20-12/h9-10H,3-8H2,1-2H3,(H,17,18,19)/t10?,13-,14-,15?/m0/s1. The van der Waals surface area contributed by atoms with E-state index >= 15 is 0 Å². The number of hydrogen-bond acceptors (Lipinski definition) is 4. The van der Waals surface area contributed by atoms with Gasteiger partial charge < -0.3 is 5.32 Å². The van der Waals surface area contributed by atoms with E-state index in [0.29, 0.717) is 16.0 Å². The lowest BCUT2D eigenvalue weighted by molar-refractivity contribution is -0.165. The summed E-state index contributed by atoms with van der Waals surface area (Å²) in [6.07, 6.45) is 7.10. The van der Waals surface area contributed by atoms with Crippen LogP contribution in [0.4, 0.5) is 5.13 Å². The summed E-state index contributed by atoms with van der Waals surface area (Å²) in [5.74, 6) is 0.928. The van der Waals surface area contributed by atoms with Crippen molar-refractivity contribution in [3.8, 4) is 0 Å². The van der Waals surface area contributed by atoms with Crippen molar-refractivity contribution < 1.29 is 4.79 Å².